The molecule has 1 unspecified atom stereocenters. The molecule has 16 heavy (non-hydrogen) atoms. The highest BCUT2D eigenvalue weighted by atomic mass is 15.2. The van der Waals surface area contributed by atoms with E-state index in [-0.39, 0.29) is 6.04 Å². The molecule has 1 aliphatic rings. The summed E-state index contributed by atoms with van der Waals surface area (Å²) in [6.45, 7) is 6.72. The molecule has 0 bridgehead atoms. The second-order valence-electron chi connectivity index (χ2n) is 4.86. The van der Waals surface area contributed by atoms with E-state index >= 15 is 0 Å². The summed E-state index contributed by atoms with van der Waals surface area (Å²) in [6.07, 6.45) is 2.61. The van der Waals surface area contributed by atoms with Crippen molar-refractivity contribution in [2.75, 3.05) is 18.0 Å². The second kappa shape index (κ2) is 4.88. The summed E-state index contributed by atoms with van der Waals surface area (Å²) in [7, 11) is 0. The van der Waals surface area contributed by atoms with Gasteiger partial charge in [-0.05, 0) is 30.9 Å². The Kier molecular flexibility index (Phi) is 3.49. The minimum absolute atomic E-state index is 0.122. The molecule has 88 valence electrons. The molecule has 2 atom stereocenters. The minimum Gasteiger partial charge on any atom is -0.371 e. The molecule has 0 aliphatic carbocycles. The van der Waals surface area contributed by atoms with Crippen LogP contribution in [0.2, 0.25) is 0 Å². The number of para-hydroxylation sites is 1. The first-order valence-electron chi connectivity index (χ1n) is 6.31. The Labute approximate surface area is 98.4 Å². The molecule has 1 saturated heterocycles. The molecule has 1 heterocycles. The van der Waals surface area contributed by atoms with Gasteiger partial charge in [0.15, 0.2) is 0 Å². The van der Waals surface area contributed by atoms with E-state index in [1.165, 1.54) is 37.2 Å². The van der Waals surface area contributed by atoms with Gasteiger partial charge in [0.1, 0.15) is 0 Å². The van der Waals surface area contributed by atoms with Crippen LogP contribution >= 0.6 is 0 Å². The first kappa shape index (κ1) is 11.5. The average Bonchev–Trinajstić information content (AvgIpc) is 2.77. The van der Waals surface area contributed by atoms with Gasteiger partial charge in [-0.15, -0.1) is 0 Å². The standard InChI is InChI=1S/C14H22N2/c1-3-12-8-9-16(10-12)14-7-5-4-6-13(14)11(2)15/h4-7,11-12H,3,8-10,15H2,1-2H3/t11-,12?/m0/s1. The average molecular weight is 218 g/mol. The largest absolute Gasteiger partial charge is 0.371 e. The number of nitrogens with zero attached hydrogens (tertiary/aromatic N) is 1. The van der Waals surface area contributed by atoms with Gasteiger partial charge in [-0.1, -0.05) is 31.5 Å². The van der Waals surface area contributed by atoms with E-state index in [2.05, 4.69) is 43.0 Å². The van der Waals surface area contributed by atoms with Gasteiger partial charge in [0, 0.05) is 24.8 Å². The zero-order valence-electron chi connectivity index (χ0n) is 10.3. The normalized spacial score (nSPS) is 22.4. The van der Waals surface area contributed by atoms with Gasteiger partial charge in [0.2, 0.25) is 0 Å². The summed E-state index contributed by atoms with van der Waals surface area (Å²) in [5.41, 5.74) is 8.64. The van der Waals surface area contributed by atoms with Crippen molar-refractivity contribution in [1.82, 2.24) is 0 Å². The molecule has 1 aromatic rings. The predicted octanol–water partition coefficient (Wildman–Crippen LogP) is 2.94. The fourth-order valence-corrected chi connectivity index (χ4v) is 2.55. The summed E-state index contributed by atoms with van der Waals surface area (Å²) in [5.74, 6) is 0.862. The Morgan fingerprint density at radius 1 is 1.44 bits per heavy atom. The molecule has 0 aromatic heterocycles. The van der Waals surface area contributed by atoms with Crippen LogP contribution in [-0.2, 0) is 0 Å². The maximum absolute atomic E-state index is 6.02. The lowest BCUT2D eigenvalue weighted by Crippen LogP contribution is -2.22. The van der Waals surface area contributed by atoms with Gasteiger partial charge >= 0.3 is 0 Å². The van der Waals surface area contributed by atoms with Crippen molar-refractivity contribution in [1.29, 1.82) is 0 Å². The monoisotopic (exact) mass is 218 g/mol. The maximum Gasteiger partial charge on any atom is 0.0414 e. The third kappa shape index (κ3) is 2.22. The van der Waals surface area contributed by atoms with Gasteiger partial charge in [0.25, 0.3) is 0 Å². The van der Waals surface area contributed by atoms with Gasteiger partial charge in [-0.2, -0.15) is 0 Å². The zero-order chi connectivity index (χ0) is 11.5. The van der Waals surface area contributed by atoms with Crippen LogP contribution < -0.4 is 10.6 Å². The highest BCUT2D eigenvalue weighted by Crippen LogP contribution is 2.30. The lowest BCUT2D eigenvalue weighted by molar-refractivity contribution is 0.569. The Morgan fingerprint density at radius 2 is 2.19 bits per heavy atom. The SMILES string of the molecule is CCC1CCN(c2ccccc2[C@H](C)N)C1. The third-order valence-electron chi connectivity index (χ3n) is 3.63. The van der Waals surface area contributed by atoms with Gasteiger partial charge in [-0.25, -0.2) is 0 Å². The molecule has 2 rings (SSSR count). The fraction of sp³-hybridized carbons (Fsp3) is 0.571. The summed E-state index contributed by atoms with van der Waals surface area (Å²) in [4.78, 5) is 2.49. The van der Waals surface area contributed by atoms with Crippen LogP contribution in [0.25, 0.3) is 0 Å². The van der Waals surface area contributed by atoms with Crippen LogP contribution in [0.3, 0.4) is 0 Å². The molecular formula is C14H22N2. The number of hydrogen-bond donors (Lipinski definition) is 1. The summed E-state index contributed by atoms with van der Waals surface area (Å²) in [5, 5.41) is 0. The smallest absolute Gasteiger partial charge is 0.0414 e. The first-order valence-corrected chi connectivity index (χ1v) is 6.31. The molecule has 2 nitrogen and oxygen atoms in total. The Hall–Kier alpha value is -1.02. The summed E-state index contributed by atoms with van der Waals surface area (Å²) in [6, 6.07) is 8.67. The zero-order valence-corrected chi connectivity index (χ0v) is 10.3. The highest BCUT2D eigenvalue weighted by molar-refractivity contribution is 5.55. The van der Waals surface area contributed by atoms with Gasteiger partial charge in [-0.3, -0.25) is 0 Å². The van der Waals surface area contributed by atoms with E-state index in [0.717, 1.165) is 5.92 Å². The van der Waals surface area contributed by atoms with Crippen LogP contribution in [-0.4, -0.2) is 13.1 Å². The lowest BCUT2D eigenvalue weighted by atomic mass is 10.1. The number of rotatable bonds is 3. The molecule has 2 N–H and O–H groups in total. The molecular weight excluding hydrogens is 196 g/mol. The van der Waals surface area contributed by atoms with E-state index in [4.69, 9.17) is 5.73 Å². The molecule has 0 amide bonds. The topological polar surface area (TPSA) is 29.3 Å². The molecule has 1 aliphatic heterocycles. The Balaban J connectivity index is 2.20. The summed E-state index contributed by atoms with van der Waals surface area (Å²) >= 11 is 0. The number of benzene rings is 1. The Morgan fingerprint density at radius 3 is 2.81 bits per heavy atom. The van der Waals surface area contributed by atoms with E-state index in [1.807, 2.05) is 0 Å². The van der Waals surface area contributed by atoms with Gasteiger partial charge in [0.05, 0.1) is 0 Å². The maximum atomic E-state index is 6.02. The van der Waals surface area contributed by atoms with Crippen molar-refractivity contribution < 1.29 is 0 Å². The van der Waals surface area contributed by atoms with Crippen molar-refractivity contribution in [3.63, 3.8) is 0 Å². The molecule has 0 radical (unpaired) electrons. The second-order valence-corrected chi connectivity index (χ2v) is 4.86. The third-order valence-corrected chi connectivity index (χ3v) is 3.63. The molecule has 1 fully saturated rings. The summed E-state index contributed by atoms with van der Waals surface area (Å²) < 4.78 is 0. The van der Waals surface area contributed by atoms with E-state index in [9.17, 15) is 0 Å². The van der Waals surface area contributed by atoms with Crippen molar-refractivity contribution in [2.45, 2.75) is 32.7 Å². The van der Waals surface area contributed by atoms with Crippen LogP contribution in [0.5, 0.6) is 0 Å². The Bertz CT molecular complexity index is 346. The molecule has 0 saturated carbocycles. The predicted molar refractivity (Wildman–Crippen MR) is 69.7 cm³/mol. The van der Waals surface area contributed by atoms with E-state index < -0.39 is 0 Å². The van der Waals surface area contributed by atoms with Crippen molar-refractivity contribution in [3.05, 3.63) is 29.8 Å². The molecule has 1 aromatic carbocycles. The highest BCUT2D eigenvalue weighted by Gasteiger charge is 2.23. The quantitative estimate of drug-likeness (QED) is 0.845. The van der Waals surface area contributed by atoms with Gasteiger partial charge < -0.3 is 10.6 Å². The van der Waals surface area contributed by atoms with Crippen LogP contribution in [0.4, 0.5) is 5.69 Å². The van der Waals surface area contributed by atoms with E-state index in [1.54, 1.807) is 0 Å². The van der Waals surface area contributed by atoms with Crippen molar-refractivity contribution in [2.24, 2.45) is 11.7 Å². The van der Waals surface area contributed by atoms with Crippen molar-refractivity contribution in [3.8, 4) is 0 Å². The van der Waals surface area contributed by atoms with E-state index in [0.29, 0.717) is 0 Å². The number of hydrogen-bond acceptors (Lipinski definition) is 2. The number of nitrogens with two attached hydrogens (primary N) is 1. The van der Waals surface area contributed by atoms with Crippen LogP contribution in [0.15, 0.2) is 24.3 Å². The fourth-order valence-electron chi connectivity index (χ4n) is 2.55. The number of anilines is 1. The minimum atomic E-state index is 0.122. The van der Waals surface area contributed by atoms with Crippen molar-refractivity contribution >= 4 is 5.69 Å². The first-order chi connectivity index (χ1) is 7.72. The molecule has 2 heteroatoms. The van der Waals surface area contributed by atoms with Crippen LogP contribution in [0.1, 0.15) is 38.3 Å². The van der Waals surface area contributed by atoms with Crippen LogP contribution in [0, 0.1) is 5.92 Å². The molecule has 0 spiro atoms. The lowest BCUT2D eigenvalue weighted by Gasteiger charge is -2.23.